The Morgan fingerprint density at radius 1 is 1.50 bits per heavy atom. The van der Waals surface area contributed by atoms with Gasteiger partial charge in [0.25, 0.3) is 0 Å². The van der Waals surface area contributed by atoms with E-state index in [9.17, 15) is 10.4 Å². The Hall–Kier alpha value is -1.57. The van der Waals surface area contributed by atoms with Gasteiger partial charge >= 0.3 is 0 Å². The lowest BCUT2D eigenvalue weighted by Gasteiger charge is -2.45. The lowest BCUT2D eigenvalue weighted by atomic mass is 9.58. The average Bonchev–Trinajstić information content (AvgIpc) is 2.52. The van der Waals surface area contributed by atoms with E-state index in [1.807, 2.05) is 45.9 Å². The van der Waals surface area contributed by atoms with Gasteiger partial charge in [0.15, 0.2) is 0 Å². The summed E-state index contributed by atoms with van der Waals surface area (Å²) in [5, 5.41) is 23.7. The van der Waals surface area contributed by atoms with E-state index < -0.39 is 11.5 Å². The molecule has 1 aliphatic heterocycles. The van der Waals surface area contributed by atoms with E-state index in [1.54, 1.807) is 7.11 Å². The number of hydrogen-bond acceptors (Lipinski definition) is 4. The van der Waals surface area contributed by atoms with E-state index in [0.29, 0.717) is 6.42 Å². The van der Waals surface area contributed by atoms with Crippen molar-refractivity contribution < 1.29 is 9.84 Å². The molecule has 120 valence electrons. The number of nitrogens with one attached hydrogen (secondary N) is 1. The SMILES string of the molecule is C/C=C1\[C@H](C)C(O)C(C)C[C@]1(C#N)C1=C(C)NC(OC)C=C1. The Bertz CT molecular complexity index is 570. The number of allylic oxidation sites excluding steroid dienone is 4. The second-order valence-corrected chi connectivity index (χ2v) is 6.42. The van der Waals surface area contributed by atoms with Crippen LogP contribution in [-0.2, 0) is 4.74 Å². The van der Waals surface area contributed by atoms with Gasteiger partial charge in [0.2, 0.25) is 0 Å². The first kappa shape index (κ1) is 16.8. The van der Waals surface area contributed by atoms with E-state index >= 15 is 0 Å². The van der Waals surface area contributed by atoms with Gasteiger partial charge in [-0.25, -0.2) is 0 Å². The number of nitrogens with zero attached hydrogens (tertiary/aromatic N) is 1. The van der Waals surface area contributed by atoms with Crippen LogP contribution in [0, 0.1) is 28.6 Å². The summed E-state index contributed by atoms with van der Waals surface area (Å²) < 4.78 is 5.31. The van der Waals surface area contributed by atoms with Crippen LogP contribution in [0.5, 0.6) is 0 Å². The summed E-state index contributed by atoms with van der Waals surface area (Å²) in [5.74, 6) is 0.0504. The number of ether oxygens (including phenoxy) is 1. The lowest BCUT2D eigenvalue weighted by molar-refractivity contribution is 0.0364. The maximum atomic E-state index is 10.4. The molecule has 0 aromatic carbocycles. The monoisotopic (exact) mass is 302 g/mol. The minimum absolute atomic E-state index is 0.0257. The normalized spacial score (nSPS) is 40.5. The maximum absolute atomic E-state index is 10.4. The second kappa shape index (κ2) is 6.28. The third-order valence-corrected chi connectivity index (χ3v) is 5.12. The first-order valence-corrected chi connectivity index (χ1v) is 7.86. The molecule has 0 aromatic heterocycles. The van der Waals surface area contributed by atoms with Crippen LogP contribution < -0.4 is 5.32 Å². The third-order valence-electron chi connectivity index (χ3n) is 5.12. The Balaban J connectivity index is 2.53. The molecule has 22 heavy (non-hydrogen) atoms. The van der Waals surface area contributed by atoms with Crippen LogP contribution in [0.25, 0.3) is 0 Å². The summed E-state index contributed by atoms with van der Waals surface area (Å²) >= 11 is 0. The number of methoxy groups -OCH3 is 1. The highest BCUT2D eigenvalue weighted by Crippen LogP contribution is 2.52. The van der Waals surface area contributed by atoms with E-state index in [-0.39, 0.29) is 18.1 Å². The maximum Gasteiger partial charge on any atom is 0.146 e. The number of nitriles is 1. The summed E-state index contributed by atoms with van der Waals surface area (Å²) in [6.07, 6.45) is 6.02. The number of rotatable bonds is 2. The molecule has 3 unspecified atom stereocenters. The van der Waals surface area contributed by atoms with E-state index in [0.717, 1.165) is 16.8 Å². The van der Waals surface area contributed by atoms with Crippen LogP contribution in [-0.4, -0.2) is 24.5 Å². The Labute approximate surface area is 133 Å². The van der Waals surface area contributed by atoms with E-state index in [2.05, 4.69) is 11.4 Å². The number of aliphatic hydroxyl groups is 1. The molecule has 0 spiro atoms. The quantitative estimate of drug-likeness (QED) is 0.770. The molecule has 2 rings (SSSR count). The first-order valence-electron chi connectivity index (χ1n) is 7.86. The molecule has 2 aliphatic rings. The molecule has 0 radical (unpaired) electrons. The highest BCUT2D eigenvalue weighted by molar-refractivity contribution is 5.49. The van der Waals surface area contributed by atoms with Crippen molar-refractivity contribution in [2.45, 2.75) is 46.4 Å². The van der Waals surface area contributed by atoms with Crippen LogP contribution in [0.4, 0.5) is 0 Å². The molecule has 4 heteroatoms. The average molecular weight is 302 g/mol. The molecule has 0 bridgehead atoms. The molecule has 1 aliphatic carbocycles. The van der Waals surface area contributed by atoms with Crippen molar-refractivity contribution in [2.24, 2.45) is 17.3 Å². The van der Waals surface area contributed by atoms with Gasteiger partial charge < -0.3 is 15.2 Å². The first-order chi connectivity index (χ1) is 10.4. The molecule has 1 heterocycles. The van der Waals surface area contributed by atoms with Gasteiger partial charge in [-0.15, -0.1) is 0 Å². The molecule has 5 atom stereocenters. The Morgan fingerprint density at radius 3 is 2.68 bits per heavy atom. The molecule has 0 aromatic rings. The van der Waals surface area contributed by atoms with Crippen LogP contribution in [0.3, 0.4) is 0 Å². The lowest BCUT2D eigenvalue weighted by Crippen LogP contribution is -2.45. The van der Waals surface area contributed by atoms with Gasteiger partial charge in [0, 0.05) is 18.7 Å². The van der Waals surface area contributed by atoms with Crippen LogP contribution in [0.1, 0.15) is 34.1 Å². The molecule has 1 saturated carbocycles. The van der Waals surface area contributed by atoms with E-state index in [1.165, 1.54) is 0 Å². The highest BCUT2D eigenvalue weighted by Gasteiger charge is 2.49. The molecule has 1 fully saturated rings. The minimum Gasteiger partial charge on any atom is -0.392 e. The number of aliphatic hydroxyl groups excluding tert-OH is 1. The standard InChI is InChI=1S/C18H26N2O2/c1-6-14-12(3)17(21)11(2)9-18(14,10-19)15-7-8-16(22-5)20-13(15)4/h6-8,11-12,16-17,20-21H,9H2,1-5H3/b14-6+/t11?,12-,16?,17?,18+/m0/s1. The number of dihydropyridines is 1. The van der Waals surface area contributed by atoms with Gasteiger partial charge in [-0.05, 0) is 43.4 Å². The summed E-state index contributed by atoms with van der Waals surface area (Å²) in [6, 6.07) is 2.56. The fourth-order valence-electron chi connectivity index (χ4n) is 3.98. The molecule has 2 N–H and O–H groups in total. The molecule has 0 amide bonds. The highest BCUT2D eigenvalue weighted by atomic mass is 16.5. The summed E-state index contributed by atoms with van der Waals surface area (Å²) in [4.78, 5) is 0. The zero-order valence-corrected chi connectivity index (χ0v) is 14.1. The molecular weight excluding hydrogens is 276 g/mol. The predicted molar refractivity (Wildman–Crippen MR) is 86.5 cm³/mol. The second-order valence-electron chi connectivity index (χ2n) is 6.42. The fraction of sp³-hybridized carbons (Fsp3) is 0.611. The Kier molecular flexibility index (Phi) is 4.79. The predicted octanol–water partition coefficient (Wildman–Crippen LogP) is 2.89. The van der Waals surface area contributed by atoms with Crippen molar-refractivity contribution in [3.8, 4) is 6.07 Å². The van der Waals surface area contributed by atoms with Crippen molar-refractivity contribution in [2.75, 3.05) is 7.11 Å². The minimum atomic E-state index is -0.681. The summed E-state index contributed by atoms with van der Waals surface area (Å²) in [5.41, 5.74) is 2.28. The van der Waals surface area contributed by atoms with Gasteiger partial charge in [0.05, 0.1) is 12.2 Å². The molecular formula is C18H26N2O2. The van der Waals surface area contributed by atoms with Crippen molar-refractivity contribution in [1.82, 2.24) is 5.32 Å². The zero-order valence-electron chi connectivity index (χ0n) is 14.1. The van der Waals surface area contributed by atoms with Gasteiger partial charge in [-0.3, -0.25) is 0 Å². The van der Waals surface area contributed by atoms with Crippen LogP contribution in [0.15, 0.2) is 35.1 Å². The number of hydrogen-bond donors (Lipinski definition) is 2. The van der Waals surface area contributed by atoms with Crippen LogP contribution >= 0.6 is 0 Å². The smallest absolute Gasteiger partial charge is 0.146 e. The third kappa shape index (κ3) is 2.49. The van der Waals surface area contributed by atoms with Crippen molar-refractivity contribution in [3.63, 3.8) is 0 Å². The van der Waals surface area contributed by atoms with Crippen LogP contribution in [0.2, 0.25) is 0 Å². The largest absolute Gasteiger partial charge is 0.392 e. The topological polar surface area (TPSA) is 65.3 Å². The van der Waals surface area contributed by atoms with Crippen molar-refractivity contribution >= 4 is 0 Å². The fourth-order valence-corrected chi connectivity index (χ4v) is 3.98. The molecule has 0 saturated heterocycles. The summed E-state index contributed by atoms with van der Waals surface area (Å²) in [7, 11) is 1.65. The van der Waals surface area contributed by atoms with Crippen molar-refractivity contribution in [1.29, 1.82) is 5.26 Å². The van der Waals surface area contributed by atoms with Gasteiger partial charge in [-0.1, -0.05) is 26.0 Å². The van der Waals surface area contributed by atoms with Gasteiger partial charge in [-0.2, -0.15) is 5.26 Å². The van der Waals surface area contributed by atoms with Crippen molar-refractivity contribution in [3.05, 3.63) is 35.1 Å². The zero-order chi connectivity index (χ0) is 16.5. The Morgan fingerprint density at radius 2 is 2.18 bits per heavy atom. The van der Waals surface area contributed by atoms with Gasteiger partial charge in [0.1, 0.15) is 11.6 Å². The summed E-state index contributed by atoms with van der Waals surface area (Å²) in [6.45, 7) is 7.97. The van der Waals surface area contributed by atoms with E-state index in [4.69, 9.17) is 4.74 Å². The molecule has 4 nitrogen and oxygen atoms in total.